The fourth-order valence-electron chi connectivity index (χ4n) is 2.00. The first-order chi connectivity index (χ1) is 10.2. The van der Waals surface area contributed by atoms with Gasteiger partial charge in [0.1, 0.15) is 6.61 Å². The maximum atomic E-state index is 13.4. The van der Waals surface area contributed by atoms with E-state index >= 15 is 0 Å². The number of benzene rings is 2. The Labute approximate surface area is 124 Å². The van der Waals surface area contributed by atoms with Crippen LogP contribution in [-0.2, 0) is 6.54 Å². The van der Waals surface area contributed by atoms with E-state index in [1.165, 1.54) is 6.07 Å². The Bertz CT molecular complexity index is 637. The molecule has 0 fully saturated rings. The predicted octanol–water partition coefficient (Wildman–Crippen LogP) is 3.21. The lowest BCUT2D eigenvalue weighted by Crippen LogP contribution is -2.24. The zero-order valence-electron chi connectivity index (χ0n) is 11.9. The third kappa shape index (κ3) is 4.59. The summed E-state index contributed by atoms with van der Waals surface area (Å²) < 4.78 is 18.8. The average molecular weight is 284 g/mol. The van der Waals surface area contributed by atoms with E-state index < -0.39 is 0 Å². The molecule has 0 aliphatic carbocycles. The van der Waals surface area contributed by atoms with Crippen molar-refractivity contribution in [3.63, 3.8) is 0 Å². The largest absolute Gasteiger partial charge is 0.489 e. The van der Waals surface area contributed by atoms with Crippen molar-refractivity contribution < 1.29 is 9.13 Å². The summed E-state index contributed by atoms with van der Waals surface area (Å²) in [5.41, 5.74) is 1.73. The minimum atomic E-state index is -0.345. The average Bonchev–Trinajstić information content (AvgIpc) is 2.49. The Hall–Kier alpha value is -2.38. The maximum absolute atomic E-state index is 13.4. The van der Waals surface area contributed by atoms with Crippen LogP contribution in [0.1, 0.15) is 11.1 Å². The molecule has 4 heteroatoms. The number of ether oxygens (including phenoxy) is 1. The second-order valence-corrected chi connectivity index (χ2v) is 4.83. The molecule has 0 aromatic heterocycles. The van der Waals surface area contributed by atoms with Crippen molar-refractivity contribution in [3.8, 4) is 11.8 Å². The molecule has 0 spiro atoms. The highest BCUT2D eigenvalue weighted by Crippen LogP contribution is 2.15. The van der Waals surface area contributed by atoms with Gasteiger partial charge in [-0.3, -0.25) is 4.90 Å². The van der Waals surface area contributed by atoms with Gasteiger partial charge in [-0.2, -0.15) is 5.26 Å². The maximum Gasteiger partial charge on any atom is 0.165 e. The van der Waals surface area contributed by atoms with Crippen molar-refractivity contribution in [3.05, 3.63) is 65.5 Å². The van der Waals surface area contributed by atoms with Gasteiger partial charge in [-0.15, -0.1) is 0 Å². The first kappa shape index (κ1) is 15.0. The molecule has 21 heavy (non-hydrogen) atoms. The van der Waals surface area contributed by atoms with Crippen molar-refractivity contribution in [1.29, 1.82) is 5.26 Å². The second-order valence-electron chi connectivity index (χ2n) is 4.83. The molecule has 0 bridgehead atoms. The molecule has 2 aromatic rings. The molecule has 0 saturated heterocycles. The van der Waals surface area contributed by atoms with E-state index in [0.29, 0.717) is 18.7 Å². The van der Waals surface area contributed by atoms with Gasteiger partial charge in [-0.1, -0.05) is 24.3 Å². The molecule has 0 aliphatic rings. The Morgan fingerprint density at radius 1 is 1.19 bits per heavy atom. The van der Waals surface area contributed by atoms with Crippen molar-refractivity contribution >= 4 is 0 Å². The molecule has 0 heterocycles. The molecule has 0 amide bonds. The van der Waals surface area contributed by atoms with Gasteiger partial charge in [0.2, 0.25) is 0 Å². The van der Waals surface area contributed by atoms with Crippen LogP contribution in [0.4, 0.5) is 4.39 Å². The summed E-state index contributed by atoms with van der Waals surface area (Å²) in [5.74, 6) is -0.0701. The molecule has 0 radical (unpaired) electrons. The molecule has 0 saturated carbocycles. The number of likely N-dealkylation sites (N-methyl/N-ethyl adjacent to an activating group) is 1. The normalized spacial score (nSPS) is 10.4. The van der Waals surface area contributed by atoms with E-state index in [1.807, 2.05) is 25.2 Å². The molecule has 2 rings (SSSR count). The number of nitrogens with zero attached hydrogens (tertiary/aromatic N) is 2. The molecule has 0 N–H and O–H groups in total. The van der Waals surface area contributed by atoms with Crippen LogP contribution in [0.25, 0.3) is 0 Å². The van der Waals surface area contributed by atoms with Crippen LogP contribution in [0.5, 0.6) is 5.75 Å². The Kier molecular flexibility index (Phi) is 5.30. The number of hydrogen-bond acceptors (Lipinski definition) is 3. The smallest absolute Gasteiger partial charge is 0.165 e. The van der Waals surface area contributed by atoms with E-state index in [1.54, 1.807) is 24.3 Å². The molecule has 2 aromatic carbocycles. The lowest BCUT2D eigenvalue weighted by atomic mass is 10.1. The summed E-state index contributed by atoms with van der Waals surface area (Å²) >= 11 is 0. The highest BCUT2D eigenvalue weighted by atomic mass is 19.1. The van der Waals surface area contributed by atoms with Crippen LogP contribution in [-0.4, -0.2) is 25.1 Å². The molecular weight excluding hydrogens is 267 g/mol. The van der Waals surface area contributed by atoms with Crippen LogP contribution in [0.15, 0.2) is 48.5 Å². The highest BCUT2D eigenvalue weighted by Gasteiger charge is 2.04. The summed E-state index contributed by atoms with van der Waals surface area (Å²) in [6, 6.07) is 16.0. The second kappa shape index (κ2) is 7.41. The van der Waals surface area contributed by atoms with Crippen LogP contribution in [0.2, 0.25) is 0 Å². The lowest BCUT2D eigenvalue weighted by molar-refractivity contribution is 0.226. The highest BCUT2D eigenvalue weighted by molar-refractivity contribution is 5.32. The summed E-state index contributed by atoms with van der Waals surface area (Å²) in [6.07, 6.45) is 0. The topological polar surface area (TPSA) is 36.3 Å². The molecule has 0 atom stereocenters. The minimum absolute atomic E-state index is 0.275. The zero-order valence-corrected chi connectivity index (χ0v) is 11.9. The van der Waals surface area contributed by atoms with Gasteiger partial charge >= 0.3 is 0 Å². The third-order valence-electron chi connectivity index (χ3n) is 3.08. The van der Waals surface area contributed by atoms with Crippen molar-refractivity contribution in [2.24, 2.45) is 0 Å². The van der Waals surface area contributed by atoms with Gasteiger partial charge in [0, 0.05) is 13.1 Å². The van der Waals surface area contributed by atoms with Crippen LogP contribution in [0.3, 0.4) is 0 Å². The molecule has 0 unspecified atom stereocenters. The lowest BCUT2D eigenvalue weighted by Gasteiger charge is -2.17. The molecule has 3 nitrogen and oxygen atoms in total. The van der Waals surface area contributed by atoms with E-state index in [4.69, 9.17) is 10.00 Å². The monoisotopic (exact) mass is 284 g/mol. The Balaban J connectivity index is 1.81. The number of rotatable bonds is 6. The Morgan fingerprint density at radius 3 is 2.76 bits per heavy atom. The fourth-order valence-corrected chi connectivity index (χ4v) is 2.00. The first-order valence-electron chi connectivity index (χ1n) is 6.74. The summed E-state index contributed by atoms with van der Waals surface area (Å²) in [6.45, 7) is 1.80. The predicted molar refractivity (Wildman–Crippen MR) is 79.4 cm³/mol. The quantitative estimate of drug-likeness (QED) is 0.817. The van der Waals surface area contributed by atoms with Crippen LogP contribution >= 0.6 is 0 Å². The van der Waals surface area contributed by atoms with E-state index in [0.717, 1.165) is 12.1 Å². The fraction of sp³-hybridized carbons (Fsp3) is 0.235. The van der Waals surface area contributed by atoms with Crippen LogP contribution < -0.4 is 4.74 Å². The van der Waals surface area contributed by atoms with Crippen molar-refractivity contribution in [1.82, 2.24) is 4.90 Å². The van der Waals surface area contributed by atoms with Gasteiger partial charge < -0.3 is 4.74 Å². The van der Waals surface area contributed by atoms with E-state index in [-0.39, 0.29) is 11.6 Å². The van der Waals surface area contributed by atoms with Gasteiger partial charge in [0.25, 0.3) is 0 Å². The summed E-state index contributed by atoms with van der Waals surface area (Å²) in [7, 11) is 1.96. The van der Waals surface area contributed by atoms with E-state index in [9.17, 15) is 4.39 Å². The molecule has 108 valence electrons. The van der Waals surface area contributed by atoms with Gasteiger partial charge in [0.15, 0.2) is 11.6 Å². The number of para-hydroxylation sites is 1. The van der Waals surface area contributed by atoms with Crippen LogP contribution in [0, 0.1) is 17.1 Å². The first-order valence-corrected chi connectivity index (χ1v) is 6.74. The van der Waals surface area contributed by atoms with Gasteiger partial charge in [0.05, 0.1) is 11.6 Å². The van der Waals surface area contributed by atoms with Crippen molar-refractivity contribution in [2.45, 2.75) is 6.54 Å². The van der Waals surface area contributed by atoms with Gasteiger partial charge in [-0.05, 0) is 36.9 Å². The minimum Gasteiger partial charge on any atom is -0.489 e. The summed E-state index contributed by atoms with van der Waals surface area (Å²) in [5, 5.41) is 8.87. The van der Waals surface area contributed by atoms with Gasteiger partial charge in [-0.25, -0.2) is 4.39 Å². The number of nitriles is 1. The SMILES string of the molecule is CN(CCOc1ccccc1F)Cc1cccc(C#N)c1. The third-order valence-corrected chi connectivity index (χ3v) is 3.08. The number of halogens is 1. The number of hydrogen-bond donors (Lipinski definition) is 0. The van der Waals surface area contributed by atoms with E-state index in [2.05, 4.69) is 11.0 Å². The summed E-state index contributed by atoms with van der Waals surface area (Å²) in [4.78, 5) is 2.07. The molecule has 0 aliphatic heterocycles. The Morgan fingerprint density at radius 2 is 2.00 bits per heavy atom. The zero-order chi connectivity index (χ0) is 15.1. The molecular formula is C17H17FN2O. The van der Waals surface area contributed by atoms with Crippen molar-refractivity contribution in [2.75, 3.05) is 20.2 Å². The standard InChI is InChI=1S/C17H17FN2O/c1-20(13-15-6-4-5-14(11-15)12-19)9-10-21-17-8-3-2-7-16(17)18/h2-8,11H,9-10,13H2,1H3.